The number of rotatable bonds is 4. The molecule has 15 heavy (non-hydrogen) atoms. The summed E-state index contributed by atoms with van der Waals surface area (Å²) in [4.78, 5) is 0.201. The summed E-state index contributed by atoms with van der Waals surface area (Å²) in [5, 5.41) is 3.38. The van der Waals surface area contributed by atoms with Gasteiger partial charge in [0.2, 0.25) is 0 Å². The molecule has 0 heterocycles. The molecule has 0 aromatic heterocycles. The molecular formula is C9H11Cl2NO2S. The van der Waals surface area contributed by atoms with Gasteiger partial charge in [0.1, 0.15) is 0 Å². The van der Waals surface area contributed by atoms with Gasteiger partial charge in [-0.3, -0.25) is 0 Å². The minimum absolute atomic E-state index is 0.0431. The number of benzene rings is 1. The quantitative estimate of drug-likeness (QED) is 0.908. The Balaban J connectivity index is 3.00. The number of halogens is 2. The van der Waals surface area contributed by atoms with E-state index in [1.54, 1.807) is 7.05 Å². The molecule has 0 spiro atoms. The minimum Gasteiger partial charge on any atom is -0.319 e. The summed E-state index contributed by atoms with van der Waals surface area (Å²) in [6.45, 7) is 0.405. The molecule has 1 aromatic carbocycles. The Labute approximate surface area is 99.3 Å². The van der Waals surface area contributed by atoms with Crippen LogP contribution in [-0.4, -0.2) is 27.8 Å². The topological polar surface area (TPSA) is 46.2 Å². The minimum atomic E-state index is -3.27. The summed E-state index contributed by atoms with van der Waals surface area (Å²) < 4.78 is 23.4. The van der Waals surface area contributed by atoms with Crippen LogP contribution in [0.2, 0.25) is 10.0 Å². The highest BCUT2D eigenvalue weighted by Gasteiger charge is 2.14. The fourth-order valence-corrected chi connectivity index (χ4v) is 2.67. The molecule has 0 radical (unpaired) electrons. The maximum atomic E-state index is 11.7. The van der Waals surface area contributed by atoms with Crippen molar-refractivity contribution in [3.63, 3.8) is 0 Å². The van der Waals surface area contributed by atoms with Crippen LogP contribution in [0.25, 0.3) is 0 Å². The van der Waals surface area contributed by atoms with Gasteiger partial charge in [0.25, 0.3) is 0 Å². The number of hydrogen-bond acceptors (Lipinski definition) is 3. The van der Waals surface area contributed by atoms with Gasteiger partial charge in [-0.1, -0.05) is 23.2 Å². The molecule has 3 nitrogen and oxygen atoms in total. The molecule has 0 saturated carbocycles. The first-order valence-corrected chi connectivity index (χ1v) is 6.70. The van der Waals surface area contributed by atoms with Gasteiger partial charge >= 0.3 is 0 Å². The zero-order chi connectivity index (χ0) is 11.5. The normalized spacial score (nSPS) is 11.7. The molecule has 6 heteroatoms. The highest BCUT2D eigenvalue weighted by Crippen LogP contribution is 2.25. The van der Waals surface area contributed by atoms with Crippen molar-refractivity contribution in [1.29, 1.82) is 0 Å². The van der Waals surface area contributed by atoms with Crippen LogP contribution in [0, 0.1) is 0 Å². The Morgan fingerprint density at radius 1 is 1.27 bits per heavy atom. The molecule has 0 amide bonds. The van der Waals surface area contributed by atoms with E-state index in [1.165, 1.54) is 18.2 Å². The Morgan fingerprint density at radius 3 is 2.47 bits per heavy atom. The van der Waals surface area contributed by atoms with Crippen LogP contribution in [-0.2, 0) is 9.84 Å². The lowest BCUT2D eigenvalue weighted by Crippen LogP contribution is -2.19. The van der Waals surface area contributed by atoms with Crippen LogP contribution in [0.5, 0.6) is 0 Å². The van der Waals surface area contributed by atoms with E-state index in [4.69, 9.17) is 23.2 Å². The zero-order valence-electron chi connectivity index (χ0n) is 8.13. The van der Waals surface area contributed by atoms with Crippen molar-refractivity contribution in [2.45, 2.75) is 4.90 Å². The lowest BCUT2D eigenvalue weighted by molar-refractivity contribution is 0.593. The summed E-state index contributed by atoms with van der Waals surface area (Å²) in [6, 6.07) is 4.31. The second-order valence-electron chi connectivity index (χ2n) is 3.00. The monoisotopic (exact) mass is 267 g/mol. The molecule has 1 N–H and O–H groups in total. The summed E-state index contributed by atoms with van der Waals surface area (Å²) in [6.07, 6.45) is 0. The van der Waals surface area contributed by atoms with Gasteiger partial charge in [-0.25, -0.2) is 8.42 Å². The van der Waals surface area contributed by atoms with E-state index >= 15 is 0 Å². The van der Waals surface area contributed by atoms with Crippen LogP contribution in [0.3, 0.4) is 0 Å². The Morgan fingerprint density at radius 2 is 1.93 bits per heavy atom. The summed E-state index contributed by atoms with van der Waals surface area (Å²) >= 11 is 11.4. The van der Waals surface area contributed by atoms with Gasteiger partial charge < -0.3 is 5.32 Å². The average Bonchev–Trinajstić information content (AvgIpc) is 2.19. The lowest BCUT2D eigenvalue weighted by atomic mass is 10.4. The van der Waals surface area contributed by atoms with Crippen LogP contribution in [0.15, 0.2) is 23.1 Å². The molecule has 1 rings (SSSR count). The standard InChI is InChI=1S/C9H11Cl2NO2S/c1-12-4-5-15(13,14)7-2-3-8(10)9(11)6-7/h2-3,6,12H,4-5H2,1H3. The van der Waals surface area contributed by atoms with Gasteiger partial charge in [-0.15, -0.1) is 0 Å². The Bertz CT molecular complexity index is 445. The van der Waals surface area contributed by atoms with Crippen LogP contribution < -0.4 is 5.32 Å². The highest BCUT2D eigenvalue weighted by molar-refractivity contribution is 7.91. The van der Waals surface area contributed by atoms with E-state index in [1.807, 2.05) is 0 Å². The van der Waals surface area contributed by atoms with E-state index < -0.39 is 9.84 Å². The smallest absolute Gasteiger partial charge is 0.179 e. The largest absolute Gasteiger partial charge is 0.319 e. The number of nitrogens with one attached hydrogen (secondary N) is 1. The molecule has 0 fully saturated rings. The van der Waals surface area contributed by atoms with Gasteiger partial charge in [0, 0.05) is 6.54 Å². The molecular weight excluding hydrogens is 257 g/mol. The van der Waals surface area contributed by atoms with Crippen molar-refractivity contribution in [2.24, 2.45) is 0 Å². The van der Waals surface area contributed by atoms with Gasteiger partial charge in [0.15, 0.2) is 9.84 Å². The summed E-state index contributed by atoms with van der Waals surface area (Å²) in [5.74, 6) is 0.0431. The fraction of sp³-hybridized carbons (Fsp3) is 0.333. The Hall–Kier alpha value is -0.290. The fourth-order valence-electron chi connectivity index (χ4n) is 1.02. The lowest BCUT2D eigenvalue weighted by Gasteiger charge is -2.05. The second-order valence-corrected chi connectivity index (χ2v) is 5.92. The molecule has 0 saturated heterocycles. The van der Waals surface area contributed by atoms with Crippen molar-refractivity contribution < 1.29 is 8.42 Å². The molecule has 0 unspecified atom stereocenters. The third-order valence-electron chi connectivity index (χ3n) is 1.87. The second kappa shape index (κ2) is 5.16. The SMILES string of the molecule is CNCCS(=O)(=O)c1ccc(Cl)c(Cl)c1. The van der Waals surface area contributed by atoms with E-state index in [0.717, 1.165) is 0 Å². The van der Waals surface area contributed by atoms with Gasteiger partial charge in [-0.05, 0) is 25.2 Å². The first kappa shape index (κ1) is 12.8. The number of hydrogen-bond donors (Lipinski definition) is 1. The zero-order valence-corrected chi connectivity index (χ0v) is 10.5. The highest BCUT2D eigenvalue weighted by atomic mass is 35.5. The van der Waals surface area contributed by atoms with Crippen LogP contribution in [0.1, 0.15) is 0 Å². The molecule has 0 bridgehead atoms. The first-order valence-electron chi connectivity index (χ1n) is 4.30. The predicted molar refractivity (Wildman–Crippen MR) is 62.4 cm³/mol. The van der Waals surface area contributed by atoms with E-state index in [-0.39, 0.29) is 15.7 Å². The molecule has 0 aliphatic heterocycles. The summed E-state index contributed by atoms with van der Waals surface area (Å²) in [7, 11) is -1.57. The third-order valence-corrected chi connectivity index (χ3v) is 4.32. The molecule has 0 aliphatic rings. The number of sulfone groups is 1. The van der Waals surface area contributed by atoms with E-state index in [2.05, 4.69) is 5.32 Å². The van der Waals surface area contributed by atoms with Crippen LogP contribution >= 0.6 is 23.2 Å². The van der Waals surface area contributed by atoms with Crippen molar-refractivity contribution in [3.8, 4) is 0 Å². The molecule has 0 aliphatic carbocycles. The van der Waals surface area contributed by atoms with Crippen molar-refractivity contribution in [2.75, 3.05) is 19.3 Å². The van der Waals surface area contributed by atoms with Crippen molar-refractivity contribution in [1.82, 2.24) is 5.32 Å². The van der Waals surface area contributed by atoms with Gasteiger partial charge in [0.05, 0.1) is 20.7 Å². The van der Waals surface area contributed by atoms with E-state index in [0.29, 0.717) is 11.6 Å². The maximum Gasteiger partial charge on any atom is 0.179 e. The van der Waals surface area contributed by atoms with Crippen molar-refractivity contribution in [3.05, 3.63) is 28.2 Å². The molecule has 0 atom stereocenters. The predicted octanol–water partition coefficient (Wildman–Crippen LogP) is 1.99. The Kier molecular flexibility index (Phi) is 4.40. The van der Waals surface area contributed by atoms with Crippen molar-refractivity contribution >= 4 is 33.0 Å². The molecule has 1 aromatic rings. The molecule has 84 valence electrons. The third kappa shape index (κ3) is 3.34. The average molecular weight is 268 g/mol. The van der Waals surface area contributed by atoms with Crippen LogP contribution in [0.4, 0.5) is 0 Å². The summed E-state index contributed by atoms with van der Waals surface area (Å²) in [5.41, 5.74) is 0. The van der Waals surface area contributed by atoms with Gasteiger partial charge in [-0.2, -0.15) is 0 Å². The van der Waals surface area contributed by atoms with E-state index in [9.17, 15) is 8.42 Å². The maximum absolute atomic E-state index is 11.7. The first-order chi connectivity index (χ1) is 6.97.